The van der Waals surface area contributed by atoms with Crippen LogP contribution < -0.4 is 10.5 Å². The number of halogens is 1. The summed E-state index contributed by atoms with van der Waals surface area (Å²) in [5, 5.41) is 0. The Labute approximate surface area is 123 Å². The van der Waals surface area contributed by atoms with Crippen LogP contribution in [0.25, 0.3) is 0 Å². The molecule has 0 atom stereocenters. The number of hydrogen-bond acceptors (Lipinski definition) is 4. The van der Waals surface area contributed by atoms with Crippen molar-refractivity contribution in [2.45, 2.75) is 17.6 Å². The lowest BCUT2D eigenvalue weighted by molar-refractivity contribution is 0.385. The maximum atomic E-state index is 14.1. The minimum atomic E-state index is -3.73. The van der Waals surface area contributed by atoms with Gasteiger partial charge in [-0.25, -0.2) is 12.8 Å². The van der Waals surface area contributed by atoms with Crippen molar-refractivity contribution in [3.05, 3.63) is 53.3 Å². The maximum absolute atomic E-state index is 14.1. The third-order valence-electron chi connectivity index (χ3n) is 3.23. The standard InChI is InChI=1S/C15H16FNO3S/c1-10-5-3-8-13(15(10)17)21(18,19)9-11-6-4-7-12(20-2)14(11)16/h3-8H,9,17H2,1-2H3. The SMILES string of the molecule is COc1cccc(CS(=O)(=O)c2cccc(C)c2N)c1F. The van der Waals surface area contributed by atoms with Crippen LogP contribution in [0.4, 0.5) is 10.1 Å². The molecule has 0 saturated heterocycles. The highest BCUT2D eigenvalue weighted by Gasteiger charge is 2.22. The number of para-hydroxylation sites is 1. The lowest BCUT2D eigenvalue weighted by Gasteiger charge is -2.11. The van der Waals surface area contributed by atoms with Gasteiger partial charge in [0.15, 0.2) is 21.4 Å². The Balaban J connectivity index is 2.45. The van der Waals surface area contributed by atoms with E-state index in [1.54, 1.807) is 25.1 Å². The van der Waals surface area contributed by atoms with E-state index in [1.165, 1.54) is 25.3 Å². The van der Waals surface area contributed by atoms with Crippen LogP contribution in [0.1, 0.15) is 11.1 Å². The van der Waals surface area contributed by atoms with Crippen LogP contribution in [0.5, 0.6) is 5.75 Å². The van der Waals surface area contributed by atoms with E-state index >= 15 is 0 Å². The number of anilines is 1. The fraction of sp³-hybridized carbons (Fsp3) is 0.200. The van der Waals surface area contributed by atoms with E-state index in [0.717, 1.165) is 0 Å². The van der Waals surface area contributed by atoms with Crippen molar-refractivity contribution in [3.63, 3.8) is 0 Å². The fourth-order valence-corrected chi connectivity index (χ4v) is 3.60. The minimum Gasteiger partial charge on any atom is -0.494 e. The van der Waals surface area contributed by atoms with Gasteiger partial charge in [-0.1, -0.05) is 24.3 Å². The van der Waals surface area contributed by atoms with E-state index in [-0.39, 0.29) is 21.9 Å². The van der Waals surface area contributed by atoms with Crippen molar-refractivity contribution in [1.82, 2.24) is 0 Å². The molecule has 0 aromatic heterocycles. The first-order valence-corrected chi connectivity index (χ1v) is 7.91. The number of rotatable bonds is 4. The molecule has 2 rings (SSSR count). The van der Waals surface area contributed by atoms with Crippen LogP contribution in [-0.4, -0.2) is 15.5 Å². The van der Waals surface area contributed by atoms with E-state index in [4.69, 9.17) is 10.5 Å². The van der Waals surface area contributed by atoms with Crippen molar-refractivity contribution in [1.29, 1.82) is 0 Å². The number of hydrogen-bond donors (Lipinski definition) is 1. The number of sulfone groups is 1. The highest BCUT2D eigenvalue weighted by atomic mass is 32.2. The number of aryl methyl sites for hydroxylation is 1. The summed E-state index contributed by atoms with van der Waals surface area (Å²) in [4.78, 5) is 0.0183. The molecule has 0 bridgehead atoms. The third kappa shape index (κ3) is 3.00. The molecule has 112 valence electrons. The van der Waals surface area contributed by atoms with Crippen LogP contribution in [0.3, 0.4) is 0 Å². The molecule has 4 nitrogen and oxygen atoms in total. The summed E-state index contributed by atoms with van der Waals surface area (Å²) in [6.45, 7) is 1.72. The number of methoxy groups -OCH3 is 1. The number of nitrogen functional groups attached to an aromatic ring is 1. The average molecular weight is 309 g/mol. The second-order valence-electron chi connectivity index (χ2n) is 4.68. The van der Waals surface area contributed by atoms with Crippen LogP contribution in [0, 0.1) is 12.7 Å². The topological polar surface area (TPSA) is 69.4 Å². The molecular formula is C15H16FNO3S. The zero-order chi connectivity index (χ0) is 15.6. The molecule has 2 aromatic rings. The normalized spacial score (nSPS) is 11.4. The van der Waals surface area contributed by atoms with E-state index in [1.807, 2.05) is 0 Å². The highest BCUT2D eigenvalue weighted by molar-refractivity contribution is 7.90. The molecule has 0 amide bonds. The molecule has 0 spiro atoms. The highest BCUT2D eigenvalue weighted by Crippen LogP contribution is 2.28. The summed E-state index contributed by atoms with van der Waals surface area (Å²) in [6.07, 6.45) is 0. The van der Waals surface area contributed by atoms with Crippen molar-refractivity contribution in [2.75, 3.05) is 12.8 Å². The second kappa shape index (κ2) is 5.73. The first-order valence-electron chi connectivity index (χ1n) is 6.26. The molecular weight excluding hydrogens is 293 g/mol. The lowest BCUT2D eigenvalue weighted by atomic mass is 10.2. The number of ether oxygens (including phenoxy) is 1. The predicted molar refractivity (Wildman–Crippen MR) is 79.4 cm³/mol. The quantitative estimate of drug-likeness (QED) is 0.882. The molecule has 0 unspecified atom stereocenters. The van der Waals surface area contributed by atoms with Crippen molar-refractivity contribution in [3.8, 4) is 5.75 Å². The van der Waals surface area contributed by atoms with E-state index in [9.17, 15) is 12.8 Å². The molecule has 0 radical (unpaired) electrons. The summed E-state index contributed by atoms with van der Waals surface area (Å²) < 4.78 is 43.8. The first-order chi connectivity index (χ1) is 9.86. The Bertz CT molecular complexity index is 772. The fourth-order valence-electron chi connectivity index (χ4n) is 2.03. The first kappa shape index (κ1) is 15.3. The summed E-state index contributed by atoms with van der Waals surface area (Å²) >= 11 is 0. The van der Waals surface area contributed by atoms with E-state index in [2.05, 4.69) is 0 Å². The van der Waals surface area contributed by atoms with Gasteiger partial charge in [0.1, 0.15) is 0 Å². The zero-order valence-electron chi connectivity index (χ0n) is 11.8. The number of benzene rings is 2. The van der Waals surface area contributed by atoms with Gasteiger partial charge >= 0.3 is 0 Å². The molecule has 2 aromatic carbocycles. The predicted octanol–water partition coefficient (Wildman–Crippen LogP) is 2.70. The molecule has 0 saturated carbocycles. The van der Waals surface area contributed by atoms with Gasteiger partial charge in [-0.3, -0.25) is 0 Å². The van der Waals surface area contributed by atoms with Gasteiger partial charge in [-0.05, 0) is 24.6 Å². The van der Waals surface area contributed by atoms with Gasteiger partial charge in [0, 0.05) is 5.56 Å². The minimum absolute atomic E-state index is 0.0138. The van der Waals surface area contributed by atoms with Crippen molar-refractivity contribution >= 4 is 15.5 Å². The van der Waals surface area contributed by atoms with Crippen LogP contribution >= 0.6 is 0 Å². The molecule has 21 heavy (non-hydrogen) atoms. The summed E-state index contributed by atoms with van der Waals surface area (Å²) in [5.41, 5.74) is 6.73. The van der Waals surface area contributed by atoms with Crippen LogP contribution in [0.15, 0.2) is 41.3 Å². The Kier molecular flexibility index (Phi) is 4.18. The summed E-state index contributed by atoms with van der Waals surface area (Å²) in [6, 6.07) is 9.16. The molecule has 0 aliphatic heterocycles. The van der Waals surface area contributed by atoms with E-state index < -0.39 is 21.4 Å². The average Bonchev–Trinajstić information content (AvgIpc) is 2.44. The number of nitrogens with two attached hydrogens (primary N) is 1. The second-order valence-corrected chi connectivity index (χ2v) is 6.64. The monoisotopic (exact) mass is 309 g/mol. The molecule has 0 fully saturated rings. The smallest absolute Gasteiger partial charge is 0.184 e. The lowest BCUT2D eigenvalue weighted by Crippen LogP contribution is -2.10. The van der Waals surface area contributed by atoms with Gasteiger partial charge in [0.2, 0.25) is 0 Å². The molecule has 0 heterocycles. The molecule has 2 N–H and O–H groups in total. The van der Waals surface area contributed by atoms with Gasteiger partial charge in [-0.2, -0.15) is 0 Å². The Hall–Kier alpha value is -2.08. The summed E-state index contributed by atoms with van der Waals surface area (Å²) in [5.74, 6) is -1.13. The Morgan fingerprint density at radius 1 is 1.19 bits per heavy atom. The third-order valence-corrected chi connectivity index (χ3v) is 4.95. The molecule has 0 aliphatic carbocycles. The zero-order valence-corrected chi connectivity index (χ0v) is 12.6. The molecule has 0 aliphatic rings. The Morgan fingerprint density at radius 2 is 1.86 bits per heavy atom. The van der Waals surface area contributed by atoms with Gasteiger partial charge in [0.05, 0.1) is 23.4 Å². The molecule has 6 heteroatoms. The van der Waals surface area contributed by atoms with Gasteiger partial charge in [-0.15, -0.1) is 0 Å². The van der Waals surface area contributed by atoms with Gasteiger partial charge < -0.3 is 10.5 Å². The van der Waals surface area contributed by atoms with Crippen molar-refractivity contribution in [2.24, 2.45) is 0 Å². The van der Waals surface area contributed by atoms with Crippen molar-refractivity contribution < 1.29 is 17.5 Å². The maximum Gasteiger partial charge on any atom is 0.184 e. The van der Waals surface area contributed by atoms with Crippen LogP contribution in [0.2, 0.25) is 0 Å². The largest absolute Gasteiger partial charge is 0.494 e. The van der Waals surface area contributed by atoms with Crippen LogP contribution in [-0.2, 0) is 15.6 Å². The summed E-state index contributed by atoms with van der Waals surface area (Å²) in [7, 11) is -2.41. The Morgan fingerprint density at radius 3 is 2.52 bits per heavy atom. The van der Waals surface area contributed by atoms with Gasteiger partial charge in [0.25, 0.3) is 0 Å². The van der Waals surface area contributed by atoms with E-state index in [0.29, 0.717) is 5.56 Å².